The predicted molar refractivity (Wildman–Crippen MR) is 123 cm³/mol. The first-order valence-corrected chi connectivity index (χ1v) is 10.4. The van der Waals surface area contributed by atoms with E-state index in [1.807, 2.05) is 6.20 Å². The highest BCUT2D eigenvalue weighted by atomic mass is 16.5. The highest BCUT2D eigenvalue weighted by Crippen LogP contribution is 2.40. The van der Waals surface area contributed by atoms with E-state index in [0.29, 0.717) is 5.92 Å². The zero-order chi connectivity index (χ0) is 20.6. The van der Waals surface area contributed by atoms with Gasteiger partial charge in [-0.05, 0) is 54.0 Å². The number of hydrogen-bond donors (Lipinski definition) is 0. The molecule has 1 aromatic heterocycles. The minimum atomic E-state index is -0.433. The van der Waals surface area contributed by atoms with Crippen molar-refractivity contribution in [2.75, 3.05) is 7.11 Å². The molecule has 0 amide bonds. The fourth-order valence-corrected chi connectivity index (χ4v) is 4.26. The van der Waals surface area contributed by atoms with Gasteiger partial charge in [-0.1, -0.05) is 68.4 Å². The molecule has 0 bridgehead atoms. The smallest absolute Gasteiger partial charge is 0.0884 e. The molecule has 0 aliphatic rings. The number of fused-ring (bicyclic) bond motifs is 2. The molecule has 0 aliphatic heterocycles. The fourth-order valence-electron chi connectivity index (χ4n) is 4.26. The molecular weight excluding hydrogens is 354 g/mol. The van der Waals surface area contributed by atoms with Gasteiger partial charge >= 0.3 is 0 Å². The first kappa shape index (κ1) is 19.6. The zero-order valence-corrected chi connectivity index (χ0v) is 18.0. The monoisotopic (exact) mass is 383 g/mol. The van der Waals surface area contributed by atoms with E-state index in [2.05, 4.69) is 88.4 Å². The third-order valence-corrected chi connectivity index (χ3v) is 5.77. The lowest BCUT2D eigenvalue weighted by atomic mass is 9.85. The molecule has 0 atom stereocenters. The summed E-state index contributed by atoms with van der Waals surface area (Å²) in [5, 5.41) is 4.86. The van der Waals surface area contributed by atoms with Crippen LogP contribution in [0.25, 0.3) is 32.8 Å². The fraction of sp³-hybridized carbons (Fsp3) is 0.296. The minimum absolute atomic E-state index is 0.433. The third kappa shape index (κ3) is 3.65. The van der Waals surface area contributed by atoms with Crippen molar-refractivity contribution in [3.05, 3.63) is 78.0 Å². The lowest BCUT2D eigenvalue weighted by Crippen LogP contribution is -2.21. The molecular formula is C27H29NO. The second-order valence-electron chi connectivity index (χ2n) is 8.74. The molecule has 3 aromatic carbocycles. The van der Waals surface area contributed by atoms with Crippen LogP contribution in [0.5, 0.6) is 0 Å². The highest BCUT2D eigenvalue weighted by molar-refractivity contribution is 6.00. The number of ether oxygens (including phenoxy) is 1. The number of rotatable bonds is 5. The van der Waals surface area contributed by atoms with Crippen molar-refractivity contribution < 1.29 is 4.74 Å². The molecule has 2 heteroatoms. The van der Waals surface area contributed by atoms with Gasteiger partial charge in [0.2, 0.25) is 0 Å². The van der Waals surface area contributed by atoms with Crippen molar-refractivity contribution in [2.24, 2.45) is 5.92 Å². The van der Waals surface area contributed by atoms with Crippen LogP contribution in [0, 0.1) is 5.92 Å². The molecule has 0 unspecified atom stereocenters. The Hall–Kier alpha value is -2.71. The van der Waals surface area contributed by atoms with Gasteiger partial charge in [-0.3, -0.25) is 4.98 Å². The Morgan fingerprint density at radius 1 is 0.897 bits per heavy atom. The molecule has 0 radical (unpaired) electrons. The normalized spacial score (nSPS) is 12.2. The van der Waals surface area contributed by atoms with Crippen molar-refractivity contribution in [1.82, 2.24) is 4.98 Å². The van der Waals surface area contributed by atoms with Crippen molar-refractivity contribution in [1.29, 1.82) is 0 Å². The van der Waals surface area contributed by atoms with Gasteiger partial charge in [0.25, 0.3) is 0 Å². The maximum Gasteiger partial charge on any atom is 0.0884 e. The van der Waals surface area contributed by atoms with Crippen molar-refractivity contribution in [3.8, 4) is 11.3 Å². The van der Waals surface area contributed by atoms with Gasteiger partial charge < -0.3 is 4.74 Å². The van der Waals surface area contributed by atoms with Crippen LogP contribution in [0.15, 0.2) is 66.9 Å². The summed E-state index contributed by atoms with van der Waals surface area (Å²) in [6.07, 6.45) is 3.02. The van der Waals surface area contributed by atoms with Gasteiger partial charge in [0.1, 0.15) is 0 Å². The van der Waals surface area contributed by atoms with Crippen LogP contribution in [0.4, 0.5) is 0 Å². The van der Waals surface area contributed by atoms with Crippen LogP contribution in [-0.2, 0) is 16.8 Å². The summed E-state index contributed by atoms with van der Waals surface area (Å²) < 4.78 is 5.94. The van der Waals surface area contributed by atoms with E-state index in [4.69, 9.17) is 9.72 Å². The number of hydrogen-bond acceptors (Lipinski definition) is 2. The van der Waals surface area contributed by atoms with Crippen LogP contribution in [-0.4, -0.2) is 12.1 Å². The minimum Gasteiger partial charge on any atom is -0.374 e. The topological polar surface area (TPSA) is 22.1 Å². The van der Waals surface area contributed by atoms with Crippen molar-refractivity contribution in [2.45, 2.75) is 39.7 Å². The number of methoxy groups -OCH3 is 1. The maximum atomic E-state index is 5.94. The Kier molecular flexibility index (Phi) is 5.14. The molecule has 0 fully saturated rings. The Bertz CT molecular complexity index is 1170. The summed E-state index contributed by atoms with van der Waals surface area (Å²) in [5.74, 6) is 0.642. The molecule has 0 spiro atoms. The van der Waals surface area contributed by atoms with Gasteiger partial charge in [-0.25, -0.2) is 0 Å². The Morgan fingerprint density at radius 2 is 1.69 bits per heavy atom. The van der Waals surface area contributed by atoms with Gasteiger partial charge in [0, 0.05) is 29.8 Å². The average Bonchev–Trinajstić information content (AvgIpc) is 2.71. The molecule has 4 rings (SSSR count). The van der Waals surface area contributed by atoms with E-state index >= 15 is 0 Å². The molecule has 2 nitrogen and oxygen atoms in total. The second-order valence-corrected chi connectivity index (χ2v) is 8.74. The van der Waals surface area contributed by atoms with E-state index in [0.717, 1.165) is 17.7 Å². The number of benzene rings is 3. The Labute approximate surface area is 173 Å². The summed E-state index contributed by atoms with van der Waals surface area (Å²) in [6, 6.07) is 21.8. The lowest BCUT2D eigenvalue weighted by molar-refractivity contribution is 0.0209. The van der Waals surface area contributed by atoms with Crippen LogP contribution >= 0.6 is 0 Å². The van der Waals surface area contributed by atoms with Crippen LogP contribution < -0.4 is 0 Å². The Balaban J connectivity index is 2.00. The van der Waals surface area contributed by atoms with Crippen molar-refractivity contribution >= 4 is 21.5 Å². The first-order chi connectivity index (χ1) is 13.9. The van der Waals surface area contributed by atoms with Gasteiger partial charge in [-0.15, -0.1) is 0 Å². The maximum absolute atomic E-state index is 5.94. The zero-order valence-electron chi connectivity index (χ0n) is 18.0. The molecule has 0 saturated heterocycles. The SMILES string of the molecule is COC(C)(C)c1c(-c2nccc3cc(CC(C)C)ccc23)ccc2ccccc12. The van der Waals surface area contributed by atoms with Gasteiger partial charge in [0.05, 0.1) is 11.3 Å². The van der Waals surface area contributed by atoms with E-state index < -0.39 is 5.60 Å². The molecule has 0 aliphatic carbocycles. The van der Waals surface area contributed by atoms with E-state index in [1.165, 1.54) is 32.7 Å². The van der Waals surface area contributed by atoms with Gasteiger partial charge in [0.15, 0.2) is 0 Å². The summed E-state index contributed by atoms with van der Waals surface area (Å²) >= 11 is 0. The Morgan fingerprint density at radius 3 is 2.45 bits per heavy atom. The van der Waals surface area contributed by atoms with E-state index in [1.54, 1.807) is 7.11 Å². The number of nitrogens with zero attached hydrogens (tertiary/aromatic N) is 1. The van der Waals surface area contributed by atoms with Gasteiger partial charge in [-0.2, -0.15) is 0 Å². The molecule has 148 valence electrons. The van der Waals surface area contributed by atoms with E-state index in [-0.39, 0.29) is 0 Å². The largest absolute Gasteiger partial charge is 0.374 e. The average molecular weight is 384 g/mol. The number of aromatic nitrogens is 1. The second kappa shape index (κ2) is 7.61. The first-order valence-electron chi connectivity index (χ1n) is 10.4. The van der Waals surface area contributed by atoms with Crippen LogP contribution in [0.3, 0.4) is 0 Å². The lowest BCUT2D eigenvalue weighted by Gasteiger charge is -2.28. The van der Waals surface area contributed by atoms with Crippen molar-refractivity contribution in [3.63, 3.8) is 0 Å². The molecule has 4 aromatic rings. The molecule has 0 saturated carbocycles. The molecule has 29 heavy (non-hydrogen) atoms. The predicted octanol–water partition coefficient (Wildman–Crippen LogP) is 7.14. The quantitative estimate of drug-likeness (QED) is 0.365. The summed E-state index contributed by atoms with van der Waals surface area (Å²) in [4.78, 5) is 4.83. The summed E-state index contributed by atoms with van der Waals surface area (Å²) in [5.41, 5.74) is 4.28. The summed E-state index contributed by atoms with van der Waals surface area (Å²) in [7, 11) is 1.78. The molecule has 0 N–H and O–H groups in total. The third-order valence-electron chi connectivity index (χ3n) is 5.77. The van der Waals surface area contributed by atoms with Crippen LogP contribution in [0.2, 0.25) is 0 Å². The highest BCUT2D eigenvalue weighted by Gasteiger charge is 2.27. The molecule has 1 heterocycles. The van der Waals surface area contributed by atoms with Crippen LogP contribution in [0.1, 0.15) is 38.8 Å². The number of pyridine rings is 1. The standard InChI is InChI=1S/C27H29NO/c1-18(2)16-19-10-12-23-21(17-19)14-15-28-26(23)24-13-11-20-8-6-7-9-22(20)25(24)27(3,4)29-5/h6-15,17-18H,16H2,1-5H3. The summed E-state index contributed by atoms with van der Waals surface area (Å²) in [6.45, 7) is 8.78. The van der Waals surface area contributed by atoms with E-state index in [9.17, 15) is 0 Å².